The van der Waals surface area contributed by atoms with Gasteiger partial charge in [0.2, 0.25) is 0 Å². The highest BCUT2D eigenvalue weighted by Crippen LogP contribution is 2.30. The Labute approximate surface area is 164 Å². The van der Waals surface area contributed by atoms with Crippen LogP contribution in [0.15, 0.2) is 33.9 Å². The van der Waals surface area contributed by atoms with Crippen LogP contribution in [0.25, 0.3) is 32.2 Å². The van der Waals surface area contributed by atoms with Crippen LogP contribution in [0, 0.1) is 0 Å². The van der Waals surface area contributed by atoms with Gasteiger partial charge in [-0.3, -0.25) is 14.0 Å². The lowest BCUT2D eigenvalue weighted by molar-refractivity contribution is 0.199. The van der Waals surface area contributed by atoms with Crippen LogP contribution in [0.1, 0.15) is 18.2 Å². The Bertz CT molecular complexity index is 1250. The van der Waals surface area contributed by atoms with E-state index >= 15 is 0 Å². The molecule has 0 fully saturated rings. The number of fused-ring (bicyclic) bond motifs is 2. The minimum absolute atomic E-state index is 0.220. The van der Waals surface area contributed by atoms with Crippen molar-refractivity contribution in [2.45, 2.75) is 19.9 Å². The average molecular weight is 398 g/mol. The molecule has 0 amide bonds. The number of methoxy groups -OCH3 is 1. The van der Waals surface area contributed by atoms with Crippen LogP contribution >= 0.6 is 11.5 Å². The van der Waals surface area contributed by atoms with E-state index in [2.05, 4.69) is 31.8 Å². The largest absolute Gasteiger partial charge is 0.383 e. The molecule has 8 heteroatoms. The van der Waals surface area contributed by atoms with Crippen molar-refractivity contribution in [3.05, 3.63) is 56.2 Å². The molecule has 0 radical (unpaired) electrons. The summed E-state index contributed by atoms with van der Waals surface area (Å²) in [5.41, 5.74) is 4.15. The molecule has 7 nitrogen and oxygen atoms in total. The number of nitrogens with one attached hydrogen (secondary N) is 4. The van der Waals surface area contributed by atoms with Gasteiger partial charge in [0, 0.05) is 36.8 Å². The van der Waals surface area contributed by atoms with Crippen molar-refractivity contribution in [2.75, 3.05) is 20.3 Å². The van der Waals surface area contributed by atoms with E-state index in [1.54, 1.807) is 7.11 Å². The van der Waals surface area contributed by atoms with E-state index in [0.29, 0.717) is 6.61 Å². The molecule has 0 bridgehead atoms. The van der Waals surface area contributed by atoms with E-state index in [-0.39, 0.29) is 16.5 Å². The molecule has 3 heterocycles. The molecule has 4 aromatic rings. The summed E-state index contributed by atoms with van der Waals surface area (Å²) in [6, 6.07) is 8.18. The highest BCUT2D eigenvalue weighted by Gasteiger charge is 2.16. The molecule has 28 heavy (non-hydrogen) atoms. The monoisotopic (exact) mass is 398 g/mol. The van der Waals surface area contributed by atoms with Crippen molar-refractivity contribution in [1.29, 1.82) is 0 Å². The minimum atomic E-state index is -0.345. The van der Waals surface area contributed by atoms with E-state index in [9.17, 15) is 9.59 Å². The number of benzene rings is 1. The molecular formula is C20H22N4O3S. The summed E-state index contributed by atoms with van der Waals surface area (Å²) < 4.78 is 8.46. The highest BCUT2D eigenvalue weighted by molar-refractivity contribution is 7.13. The topological polar surface area (TPSA) is 103 Å². The van der Waals surface area contributed by atoms with E-state index < -0.39 is 0 Å². The van der Waals surface area contributed by atoms with Crippen LogP contribution in [-0.4, -0.2) is 34.6 Å². The van der Waals surface area contributed by atoms with E-state index in [1.807, 2.05) is 19.1 Å². The number of pyridine rings is 1. The first kappa shape index (κ1) is 18.7. The molecule has 0 unspecified atom stereocenters. The van der Waals surface area contributed by atoms with Gasteiger partial charge in [-0.05, 0) is 35.7 Å². The standard InChI is InChI=1S/C20H22N4O3S/c1-3-14-17(23-19(25)16-18(14)28-24-20(16)26)11-4-5-15-12(8-11)9-13(22-15)10-21-6-7-27-2/h4-5,8-9,21-22H,3,6-7,10H2,1-2H3,(H,23,25)(H,24,26). The van der Waals surface area contributed by atoms with Crippen LogP contribution in [0.5, 0.6) is 0 Å². The van der Waals surface area contributed by atoms with Crippen LogP contribution in [0.2, 0.25) is 0 Å². The smallest absolute Gasteiger partial charge is 0.271 e. The predicted octanol–water partition coefficient (Wildman–Crippen LogP) is 2.72. The fourth-order valence-electron chi connectivity index (χ4n) is 3.51. The summed E-state index contributed by atoms with van der Waals surface area (Å²) in [5, 5.41) is 4.62. The Balaban J connectivity index is 1.75. The third kappa shape index (κ3) is 3.30. The van der Waals surface area contributed by atoms with Crippen molar-refractivity contribution in [3.8, 4) is 11.3 Å². The van der Waals surface area contributed by atoms with Gasteiger partial charge in [0.15, 0.2) is 0 Å². The Morgan fingerprint density at radius 1 is 1.14 bits per heavy atom. The van der Waals surface area contributed by atoms with Gasteiger partial charge < -0.3 is 20.0 Å². The van der Waals surface area contributed by atoms with Crippen LogP contribution in [0.4, 0.5) is 0 Å². The molecule has 1 aromatic carbocycles. The van der Waals surface area contributed by atoms with Gasteiger partial charge in [0.1, 0.15) is 5.39 Å². The molecule has 0 aliphatic heterocycles. The number of aromatic amines is 3. The lowest BCUT2D eigenvalue weighted by Gasteiger charge is -2.09. The molecule has 0 saturated heterocycles. The summed E-state index contributed by atoms with van der Waals surface area (Å²) in [6.07, 6.45) is 0.719. The van der Waals surface area contributed by atoms with E-state index in [4.69, 9.17) is 4.74 Å². The zero-order valence-corrected chi connectivity index (χ0v) is 16.6. The average Bonchev–Trinajstić information content (AvgIpc) is 3.28. The molecule has 0 saturated carbocycles. The van der Waals surface area contributed by atoms with Gasteiger partial charge in [-0.1, -0.05) is 24.5 Å². The van der Waals surface area contributed by atoms with Crippen LogP contribution < -0.4 is 16.4 Å². The van der Waals surface area contributed by atoms with E-state index in [1.165, 1.54) is 11.5 Å². The quantitative estimate of drug-likeness (QED) is 0.359. The Morgan fingerprint density at radius 2 is 2.00 bits per heavy atom. The number of hydrogen-bond donors (Lipinski definition) is 4. The molecule has 0 spiro atoms. The van der Waals surface area contributed by atoms with Crippen molar-refractivity contribution < 1.29 is 4.74 Å². The number of H-pyrrole nitrogens is 3. The zero-order valence-electron chi connectivity index (χ0n) is 15.8. The predicted molar refractivity (Wildman–Crippen MR) is 113 cm³/mol. The second-order valence-corrected chi connectivity index (χ2v) is 7.48. The fourth-order valence-corrected chi connectivity index (χ4v) is 4.46. The van der Waals surface area contributed by atoms with Gasteiger partial charge in [-0.2, -0.15) is 0 Å². The minimum Gasteiger partial charge on any atom is -0.383 e. The van der Waals surface area contributed by atoms with Crippen LogP contribution in [0.3, 0.4) is 0 Å². The van der Waals surface area contributed by atoms with Gasteiger partial charge in [0.25, 0.3) is 11.1 Å². The van der Waals surface area contributed by atoms with Gasteiger partial charge in [-0.15, -0.1) is 0 Å². The number of aryl methyl sites for hydroxylation is 1. The Kier molecular flexibility index (Phi) is 5.17. The highest BCUT2D eigenvalue weighted by atomic mass is 32.1. The number of aromatic nitrogens is 3. The first-order chi connectivity index (χ1) is 13.6. The lowest BCUT2D eigenvalue weighted by Crippen LogP contribution is -2.18. The van der Waals surface area contributed by atoms with Gasteiger partial charge >= 0.3 is 0 Å². The second-order valence-electron chi connectivity index (χ2n) is 6.66. The van der Waals surface area contributed by atoms with Crippen LogP contribution in [-0.2, 0) is 17.7 Å². The summed E-state index contributed by atoms with van der Waals surface area (Å²) in [6.45, 7) is 4.22. The number of ether oxygens (including phenoxy) is 1. The maximum Gasteiger partial charge on any atom is 0.271 e. The molecule has 4 rings (SSSR count). The summed E-state index contributed by atoms with van der Waals surface area (Å²) >= 11 is 1.23. The number of hydrogen-bond acceptors (Lipinski definition) is 5. The third-order valence-electron chi connectivity index (χ3n) is 4.86. The summed E-state index contributed by atoms with van der Waals surface area (Å²) in [4.78, 5) is 30.7. The normalized spacial score (nSPS) is 11.6. The Hall–Kier alpha value is -2.68. The maximum atomic E-state index is 12.5. The van der Waals surface area contributed by atoms with E-state index in [0.717, 1.165) is 57.6 Å². The summed E-state index contributed by atoms with van der Waals surface area (Å²) in [5.74, 6) is 0. The van der Waals surface area contributed by atoms with Crippen molar-refractivity contribution in [3.63, 3.8) is 0 Å². The fraction of sp³-hybridized carbons (Fsp3) is 0.300. The zero-order chi connectivity index (χ0) is 19.7. The molecule has 4 N–H and O–H groups in total. The van der Waals surface area contributed by atoms with Gasteiger partial charge in [0.05, 0.1) is 17.0 Å². The second kappa shape index (κ2) is 7.75. The van der Waals surface area contributed by atoms with Gasteiger partial charge in [-0.25, -0.2) is 0 Å². The Morgan fingerprint density at radius 3 is 2.79 bits per heavy atom. The third-order valence-corrected chi connectivity index (χ3v) is 5.80. The van der Waals surface area contributed by atoms with Crippen molar-refractivity contribution >= 4 is 32.5 Å². The lowest BCUT2D eigenvalue weighted by atomic mass is 10.0. The molecular weight excluding hydrogens is 376 g/mol. The van der Waals surface area contributed by atoms with Crippen molar-refractivity contribution in [1.82, 2.24) is 19.7 Å². The molecule has 0 aliphatic rings. The molecule has 146 valence electrons. The summed E-state index contributed by atoms with van der Waals surface area (Å²) in [7, 11) is 1.68. The first-order valence-corrected chi connectivity index (χ1v) is 10.0. The van der Waals surface area contributed by atoms with Crippen molar-refractivity contribution in [2.24, 2.45) is 0 Å². The SMILES string of the molecule is CCc1c(-c2ccc3[nH]c(CNCCOC)cc3c2)[nH]c(=O)c2c(=O)[nH]sc12. The first-order valence-electron chi connectivity index (χ1n) is 9.20. The maximum absolute atomic E-state index is 12.5. The molecule has 3 aromatic heterocycles. The molecule has 0 aliphatic carbocycles. The number of rotatable bonds is 7. The molecule has 0 atom stereocenters.